The van der Waals surface area contributed by atoms with E-state index in [1.807, 2.05) is 19.1 Å². The third-order valence-corrected chi connectivity index (χ3v) is 2.99. The fraction of sp³-hybridized carbons (Fsp3) is 0.429. The molecule has 1 unspecified atom stereocenters. The van der Waals surface area contributed by atoms with Crippen molar-refractivity contribution < 1.29 is 4.42 Å². The highest BCUT2D eigenvalue weighted by Crippen LogP contribution is 2.21. The number of hydrogen-bond acceptors (Lipinski definition) is 5. The van der Waals surface area contributed by atoms with Crippen LogP contribution in [0.25, 0.3) is 0 Å². The van der Waals surface area contributed by atoms with Gasteiger partial charge in [0.05, 0.1) is 12.6 Å². The van der Waals surface area contributed by atoms with Crippen LogP contribution in [0.1, 0.15) is 36.9 Å². The molecule has 0 radical (unpaired) electrons. The molecule has 1 heterocycles. The monoisotopic (exact) mass is 260 g/mol. The van der Waals surface area contributed by atoms with Gasteiger partial charge in [-0.3, -0.25) is 0 Å². The molecule has 5 heteroatoms. The highest BCUT2D eigenvalue weighted by molar-refractivity contribution is 5.33. The van der Waals surface area contributed by atoms with Crippen molar-refractivity contribution in [1.82, 2.24) is 15.5 Å². The van der Waals surface area contributed by atoms with E-state index in [9.17, 15) is 0 Å². The highest BCUT2D eigenvalue weighted by Gasteiger charge is 2.11. The molecule has 1 atom stereocenters. The zero-order valence-corrected chi connectivity index (χ0v) is 11.6. The number of anilines is 1. The second kappa shape index (κ2) is 6.33. The maximum atomic E-state index is 5.52. The molecule has 2 N–H and O–H groups in total. The van der Waals surface area contributed by atoms with Crippen molar-refractivity contribution in [1.29, 1.82) is 0 Å². The average Bonchev–Trinajstić information content (AvgIpc) is 2.84. The zero-order valence-electron chi connectivity index (χ0n) is 11.6. The third-order valence-electron chi connectivity index (χ3n) is 2.99. The van der Waals surface area contributed by atoms with Crippen molar-refractivity contribution in [3.05, 3.63) is 41.3 Å². The zero-order chi connectivity index (χ0) is 13.7. The summed E-state index contributed by atoms with van der Waals surface area (Å²) in [6.07, 6.45) is 0. The summed E-state index contributed by atoms with van der Waals surface area (Å²) in [7, 11) is 0. The fourth-order valence-corrected chi connectivity index (χ4v) is 1.95. The van der Waals surface area contributed by atoms with Gasteiger partial charge in [-0.05, 0) is 31.5 Å². The van der Waals surface area contributed by atoms with Crippen molar-refractivity contribution in [2.75, 3.05) is 11.9 Å². The maximum Gasteiger partial charge on any atom is 0.315 e. The Morgan fingerprint density at radius 2 is 2.05 bits per heavy atom. The summed E-state index contributed by atoms with van der Waals surface area (Å²) in [5.41, 5.74) is 2.48. The first-order valence-electron chi connectivity index (χ1n) is 6.56. The largest absolute Gasteiger partial charge is 0.407 e. The Balaban J connectivity index is 2.01. The van der Waals surface area contributed by atoms with Gasteiger partial charge < -0.3 is 15.1 Å². The Kier molecular flexibility index (Phi) is 4.52. The van der Waals surface area contributed by atoms with Crippen LogP contribution in [0.4, 0.5) is 6.01 Å². The molecule has 0 aliphatic carbocycles. The van der Waals surface area contributed by atoms with E-state index in [0.29, 0.717) is 18.5 Å². The number of nitrogens with zero attached hydrogens (tertiary/aromatic N) is 2. The average molecular weight is 260 g/mol. The lowest BCUT2D eigenvalue weighted by Crippen LogP contribution is -2.11. The van der Waals surface area contributed by atoms with Gasteiger partial charge >= 0.3 is 6.01 Å². The van der Waals surface area contributed by atoms with Crippen LogP contribution in [-0.2, 0) is 6.54 Å². The fourth-order valence-electron chi connectivity index (χ4n) is 1.95. The molecule has 0 fully saturated rings. The standard InChI is InChI=1S/C14H20N4O/c1-4-15-9-13-17-18-14(19-13)16-11(3)12-8-6-5-7-10(12)2/h5-8,11,15H,4,9H2,1-3H3,(H,16,18). The number of benzene rings is 1. The van der Waals surface area contributed by atoms with Gasteiger partial charge in [-0.15, -0.1) is 5.10 Å². The molecule has 1 aromatic carbocycles. The van der Waals surface area contributed by atoms with E-state index in [4.69, 9.17) is 4.42 Å². The molecule has 2 aromatic rings. The highest BCUT2D eigenvalue weighted by atomic mass is 16.4. The van der Waals surface area contributed by atoms with Gasteiger partial charge in [0.25, 0.3) is 0 Å². The minimum absolute atomic E-state index is 0.133. The molecule has 0 aliphatic rings. The second-order valence-electron chi connectivity index (χ2n) is 4.50. The smallest absolute Gasteiger partial charge is 0.315 e. The summed E-state index contributed by atoms with van der Waals surface area (Å²) in [4.78, 5) is 0. The molecular formula is C14H20N4O. The Bertz CT molecular complexity index is 524. The predicted octanol–water partition coefficient (Wildman–Crippen LogP) is 2.66. The predicted molar refractivity (Wildman–Crippen MR) is 74.9 cm³/mol. The molecule has 0 bridgehead atoms. The molecule has 0 amide bonds. The number of aromatic nitrogens is 2. The molecular weight excluding hydrogens is 240 g/mol. The second-order valence-corrected chi connectivity index (χ2v) is 4.50. The first-order valence-corrected chi connectivity index (χ1v) is 6.56. The maximum absolute atomic E-state index is 5.52. The van der Waals surface area contributed by atoms with E-state index in [-0.39, 0.29) is 6.04 Å². The first kappa shape index (κ1) is 13.5. The first-order chi connectivity index (χ1) is 9.20. The lowest BCUT2D eigenvalue weighted by atomic mass is 10.0. The summed E-state index contributed by atoms with van der Waals surface area (Å²) in [5, 5.41) is 14.4. The summed E-state index contributed by atoms with van der Waals surface area (Å²) < 4.78 is 5.52. The number of hydrogen-bond donors (Lipinski definition) is 2. The lowest BCUT2D eigenvalue weighted by Gasteiger charge is -2.14. The van der Waals surface area contributed by atoms with Crippen LogP contribution in [-0.4, -0.2) is 16.7 Å². The van der Waals surface area contributed by atoms with Gasteiger partial charge in [0.1, 0.15) is 0 Å². The van der Waals surface area contributed by atoms with Crippen LogP contribution in [0, 0.1) is 6.92 Å². The summed E-state index contributed by atoms with van der Waals surface area (Å²) in [6.45, 7) is 7.69. The van der Waals surface area contributed by atoms with E-state index >= 15 is 0 Å². The Morgan fingerprint density at radius 3 is 2.79 bits per heavy atom. The molecule has 19 heavy (non-hydrogen) atoms. The normalized spacial score (nSPS) is 12.4. The molecule has 102 valence electrons. The van der Waals surface area contributed by atoms with Crippen LogP contribution >= 0.6 is 0 Å². The Morgan fingerprint density at radius 1 is 1.26 bits per heavy atom. The van der Waals surface area contributed by atoms with Crippen molar-refractivity contribution in [2.24, 2.45) is 0 Å². The molecule has 0 saturated carbocycles. The van der Waals surface area contributed by atoms with Crippen molar-refractivity contribution in [2.45, 2.75) is 33.4 Å². The topological polar surface area (TPSA) is 63.0 Å². The van der Waals surface area contributed by atoms with Crippen molar-refractivity contribution in [3.63, 3.8) is 0 Å². The van der Waals surface area contributed by atoms with E-state index < -0.39 is 0 Å². The van der Waals surface area contributed by atoms with Crippen LogP contribution in [0.2, 0.25) is 0 Å². The minimum Gasteiger partial charge on any atom is -0.407 e. The van der Waals surface area contributed by atoms with Gasteiger partial charge in [-0.25, -0.2) is 0 Å². The lowest BCUT2D eigenvalue weighted by molar-refractivity contribution is 0.478. The molecule has 1 aromatic heterocycles. The van der Waals surface area contributed by atoms with Gasteiger partial charge in [0, 0.05) is 0 Å². The van der Waals surface area contributed by atoms with E-state index in [0.717, 1.165) is 6.54 Å². The van der Waals surface area contributed by atoms with E-state index in [1.54, 1.807) is 0 Å². The van der Waals surface area contributed by atoms with Gasteiger partial charge in [0.15, 0.2) is 0 Å². The minimum atomic E-state index is 0.133. The molecule has 0 spiro atoms. The Labute approximate surface area is 113 Å². The van der Waals surface area contributed by atoms with Crippen LogP contribution in [0.5, 0.6) is 0 Å². The Hall–Kier alpha value is -1.88. The number of nitrogens with one attached hydrogen (secondary N) is 2. The summed E-state index contributed by atoms with van der Waals surface area (Å²) in [5.74, 6) is 0.598. The van der Waals surface area contributed by atoms with Crippen LogP contribution in [0.3, 0.4) is 0 Å². The van der Waals surface area contributed by atoms with Crippen molar-refractivity contribution >= 4 is 6.01 Å². The molecule has 2 rings (SSSR count). The van der Waals surface area contributed by atoms with Crippen LogP contribution < -0.4 is 10.6 Å². The quantitative estimate of drug-likeness (QED) is 0.836. The molecule has 0 saturated heterocycles. The molecule has 0 aliphatic heterocycles. The van der Waals surface area contributed by atoms with Crippen molar-refractivity contribution in [3.8, 4) is 0 Å². The van der Waals surface area contributed by atoms with Gasteiger partial charge in [0.2, 0.25) is 5.89 Å². The van der Waals surface area contributed by atoms with Gasteiger partial charge in [-0.2, -0.15) is 0 Å². The summed E-state index contributed by atoms with van der Waals surface area (Å²) in [6, 6.07) is 8.86. The SMILES string of the molecule is CCNCc1nnc(NC(C)c2ccccc2C)o1. The van der Waals surface area contributed by atoms with Gasteiger partial charge in [-0.1, -0.05) is 36.3 Å². The number of rotatable bonds is 6. The van der Waals surface area contributed by atoms with E-state index in [1.165, 1.54) is 11.1 Å². The molecule has 5 nitrogen and oxygen atoms in total. The summed E-state index contributed by atoms with van der Waals surface area (Å²) >= 11 is 0. The van der Waals surface area contributed by atoms with Crippen LogP contribution in [0.15, 0.2) is 28.7 Å². The number of aryl methyl sites for hydroxylation is 1. The third kappa shape index (κ3) is 3.54. The van der Waals surface area contributed by atoms with E-state index in [2.05, 4.69) is 46.8 Å².